The Bertz CT molecular complexity index is 340. The van der Waals surface area contributed by atoms with Crippen molar-refractivity contribution in [3.05, 3.63) is 0 Å². The monoisotopic (exact) mass is 351 g/mol. The summed E-state index contributed by atoms with van der Waals surface area (Å²) in [7, 11) is 0. The van der Waals surface area contributed by atoms with Gasteiger partial charge in [-0.2, -0.15) is 0 Å². The van der Waals surface area contributed by atoms with Gasteiger partial charge in [-0.1, -0.05) is 79.6 Å². The summed E-state index contributed by atoms with van der Waals surface area (Å²) in [5, 5.41) is 0. The second kappa shape index (κ2) is 12.8. The molecule has 25 heavy (non-hydrogen) atoms. The van der Waals surface area contributed by atoms with Crippen LogP contribution in [0, 0.1) is 23.7 Å². The lowest BCUT2D eigenvalue weighted by Crippen LogP contribution is -2.43. The second-order valence-electron chi connectivity index (χ2n) is 8.88. The van der Waals surface area contributed by atoms with Crippen LogP contribution in [0.25, 0.3) is 0 Å². The first-order valence-corrected chi connectivity index (χ1v) is 11.3. The molecule has 2 heteroatoms. The summed E-state index contributed by atoms with van der Waals surface area (Å²) < 4.78 is 0. The van der Waals surface area contributed by atoms with Gasteiger partial charge in [0.25, 0.3) is 0 Å². The van der Waals surface area contributed by atoms with Gasteiger partial charge in [0.2, 0.25) is 5.91 Å². The Labute approximate surface area is 158 Å². The predicted octanol–water partition coefficient (Wildman–Crippen LogP) is 6.68. The number of rotatable bonds is 12. The highest BCUT2D eigenvalue weighted by atomic mass is 16.2. The summed E-state index contributed by atoms with van der Waals surface area (Å²) in [6.07, 6.45) is 13.7. The highest BCUT2D eigenvalue weighted by Gasteiger charge is 2.37. The molecule has 3 atom stereocenters. The third-order valence-corrected chi connectivity index (χ3v) is 6.21. The van der Waals surface area contributed by atoms with Crippen molar-refractivity contribution in [2.45, 2.75) is 105 Å². The molecule has 0 aromatic heterocycles. The van der Waals surface area contributed by atoms with Crippen LogP contribution in [0.1, 0.15) is 105 Å². The Hall–Kier alpha value is -0.530. The van der Waals surface area contributed by atoms with E-state index in [4.69, 9.17) is 0 Å². The first-order chi connectivity index (χ1) is 12.0. The van der Waals surface area contributed by atoms with Gasteiger partial charge in [-0.3, -0.25) is 4.79 Å². The molecule has 0 radical (unpaired) electrons. The van der Waals surface area contributed by atoms with E-state index in [-0.39, 0.29) is 5.92 Å². The quantitative estimate of drug-likeness (QED) is 0.359. The molecule has 1 aliphatic carbocycles. The lowest BCUT2D eigenvalue weighted by molar-refractivity contribution is -0.140. The van der Waals surface area contributed by atoms with Crippen molar-refractivity contribution in [3.63, 3.8) is 0 Å². The SMILES string of the molecule is CCCCCCN(CCCCCC)C(=O)C1CC(C)CCC1C(C)C. The van der Waals surface area contributed by atoms with Crippen molar-refractivity contribution in [1.29, 1.82) is 0 Å². The molecule has 0 aliphatic heterocycles. The maximum Gasteiger partial charge on any atom is 0.225 e. The van der Waals surface area contributed by atoms with Crippen LogP contribution in [0.3, 0.4) is 0 Å². The summed E-state index contributed by atoms with van der Waals surface area (Å²) >= 11 is 0. The molecule has 3 unspecified atom stereocenters. The zero-order valence-electron chi connectivity index (χ0n) is 17.9. The second-order valence-corrected chi connectivity index (χ2v) is 8.88. The van der Waals surface area contributed by atoms with Crippen molar-refractivity contribution in [1.82, 2.24) is 4.90 Å². The summed E-state index contributed by atoms with van der Waals surface area (Å²) in [5.74, 6) is 2.70. The molecule has 0 N–H and O–H groups in total. The van der Waals surface area contributed by atoms with Crippen LogP contribution in [-0.2, 0) is 4.79 Å². The lowest BCUT2D eigenvalue weighted by atomic mass is 9.69. The molecular formula is C23H45NO. The molecule has 1 rings (SSSR count). The largest absolute Gasteiger partial charge is 0.342 e. The number of amides is 1. The van der Waals surface area contributed by atoms with Crippen molar-refractivity contribution in [3.8, 4) is 0 Å². The normalized spacial score (nSPS) is 23.8. The van der Waals surface area contributed by atoms with Crippen LogP contribution < -0.4 is 0 Å². The van der Waals surface area contributed by atoms with Crippen LogP contribution >= 0.6 is 0 Å². The number of carbonyl (C=O) groups is 1. The Morgan fingerprint density at radius 2 is 1.48 bits per heavy atom. The van der Waals surface area contributed by atoms with Gasteiger partial charge < -0.3 is 4.90 Å². The van der Waals surface area contributed by atoms with Crippen LogP contribution in [0.2, 0.25) is 0 Å². The molecule has 0 aromatic carbocycles. The molecule has 1 amide bonds. The number of hydrogen-bond donors (Lipinski definition) is 0. The topological polar surface area (TPSA) is 20.3 Å². The molecule has 1 fully saturated rings. The first kappa shape index (κ1) is 22.5. The highest BCUT2D eigenvalue weighted by Crippen LogP contribution is 2.39. The third kappa shape index (κ3) is 8.13. The van der Waals surface area contributed by atoms with E-state index in [1.165, 1.54) is 64.2 Å². The summed E-state index contributed by atoms with van der Waals surface area (Å²) in [4.78, 5) is 15.7. The van der Waals surface area contributed by atoms with Gasteiger partial charge in [0.1, 0.15) is 0 Å². The van der Waals surface area contributed by atoms with Crippen molar-refractivity contribution in [2.24, 2.45) is 23.7 Å². The van der Waals surface area contributed by atoms with Crippen LogP contribution in [0.15, 0.2) is 0 Å². The fraction of sp³-hybridized carbons (Fsp3) is 0.957. The maximum atomic E-state index is 13.4. The smallest absolute Gasteiger partial charge is 0.225 e. The number of carbonyl (C=O) groups excluding carboxylic acids is 1. The van der Waals surface area contributed by atoms with Gasteiger partial charge in [0.15, 0.2) is 0 Å². The van der Waals surface area contributed by atoms with Crippen molar-refractivity contribution >= 4 is 5.91 Å². The molecule has 0 bridgehead atoms. The van der Waals surface area contributed by atoms with Gasteiger partial charge in [0.05, 0.1) is 0 Å². The number of nitrogens with zero attached hydrogens (tertiary/aromatic N) is 1. The van der Waals surface area contributed by atoms with Crippen LogP contribution in [0.5, 0.6) is 0 Å². The van der Waals surface area contributed by atoms with Gasteiger partial charge in [-0.05, 0) is 43.4 Å². The number of hydrogen-bond acceptors (Lipinski definition) is 1. The Morgan fingerprint density at radius 3 is 1.96 bits per heavy atom. The fourth-order valence-corrected chi connectivity index (χ4v) is 4.51. The molecule has 0 spiro atoms. The third-order valence-electron chi connectivity index (χ3n) is 6.21. The van der Waals surface area contributed by atoms with E-state index >= 15 is 0 Å². The molecule has 0 saturated heterocycles. The Balaban J connectivity index is 2.68. The minimum atomic E-state index is 0.279. The fourth-order valence-electron chi connectivity index (χ4n) is 4.51. The van der Waals surface area contributed by atoms with Crippen LogP contribution in [-0.4, -0.2) is 23.9 Å². The van der Waals surface area contributed by atoms with Gasteiger partial charge in [0, 0.05) is 19.0 Å². The van der Waals surface area contributed by atoms with Crippen molar-refractivity contribution in [2.75, 3.05) is 13.1 Å². The average Bonchev–Trinajstić information content (AvgIpc) is 2.59. The van der Waals surface area contributed by atoms with E-state index in [1.54, 1.807) is 0 Å². The first-order valence-electron chi connectivity index (χ1n) is 11.3. The van der Waals surface area contributed by atoms with E-state index in [0.717, 1.165) is 19.5 Å². The Kier molecular flexibility index (Phi) is 11.5. The average molecular weight is 352 g/mol. The summed E-state index contributed by atoms with van der Waals surface area (Å²) in [5.41, 5.74) is 0. The minimum absolute atomic E-state index is 0.279. The maximum absolute atomic E-state index is 13.4. The molecular weight excluding hydrogens is 306 g/mol. The van der Waals surface area contributed by atoms with Gasteiger partial charge in [-0.25, -0.2) is 0 Å². The van der Waals surface area contributed by atoms with E-state index < -0.39 is 0 Å². The Morgan fingerprint density at radius 1 is 0.920 bits per heavy atom. The molecule has 1 aliphatic rings. The van der Waals surface area contributed by atoms with Crippen LogP contribution in [0.4, 0.5) is 0 Å². The lowest BCUT2D eigenvalue weighted by Gasteiger charge is -2.39. The summed E-state index contributed by atoms with van der Waals surface area (Å²) in [6.45, 7) is 13.4. The highest BCUT2D eigenvalue weighted by molar-refractivity contribution is 5.79. The molecule has 0 aromatic rings. The molecule has 0 heterocycles. The van der Waals surface area contributed by atoms with Crippen molar-refractivity contribution < 1.29 is 4.79 Å². The van der Waals surface area contributed by atoms with Gasteiger partial charge >= 0.3 is 0 Å². The zero-order valence-corrected chi connectivity index (χ0v) is 17.9. The van der Waals surface area contributed by atoms with E-state index in [2.05, 4.69) is 39.5 Å². The number of unbranched alkanes of at least 4 members (excludes halogenated alkanes) is 6. The van der Waals surface area contributed by atoms with E-state index in [9.17, 15) is 4.79 Å². The predicted molar refractivity (Wildman–Crippen MR) is 110 cm³/mol. The van der Waals surface area contributed by atoms with E-state index in [0.29, 0.717) is 23.7 Å². The molecule has 1 saturated carbocycles. The standard InChI is InChI=1S/C23H45NO/c1-6-8-10-12-16-24(17-13-11-9-7-2)23(25)22-18-20(5)14-15-21(22)19(3)4/h19-22H,6-18H2,1-5H3. The summed E-state index contributed by atoms with van der Waals surface area (Å²) in [6, 6.07) is 0. The van der Waals surface area contributed by atoms with Gasteiger partial charge in [-0.15, -0.1) is 0 Å². The molecule has 2 nitrogen and oxygen atoms in total. The minimum Gasteiger partial charge on any atom is -0.342 e. The molecule has 148 valence electrons. The van der Waals surface area contributed by atoms with E-state index in [1.807, 2.05) is 0 Å². The zero-order chi connectivity index (χ0) is 18.7.